The van der Waals surface area contributed by atoms with Gasteiger partial charge in [-0.1, -0.05) is 26.3 Å². The Morgan fingerprint density at radius 2 is 2.00 bits per heavy atom. The highest BCUT2D eigenvalue weighted by atomic mass is 15.2. The van der Waals surface area contributed by atoms with Crippen molar-refractivity contribution in [3.8, 4) is 0 Å². The molecule has 0 aromatic carbocycles. The molecule has 0 aliphatic carbocycles. The standard InChI is InChI=1S/C15H27N3/c1-4-7-11-18(6-3)15-9-8-14(13-17-15)12-16-10-5-2/h8-9,13,16H,4-7,10-12H2,1-3H3. The van der Waals surface area contributed by atoms with Gasteiger partial charge in [0.25, 0.3) is 0 Å². The number of nitrogens with one attached hydrogen (secondary N) is 1. The van der Waals surface area contributed by atoms with Gasteiger partial charge in [0.05, 0.1) is 0 Å². The predicted octanol–water partition coefficient (Wildman–Crippen LogP) is 3.21. The number of hydrogen-bond acceptors (Lipinski definition) is 3. The van der Waals surface area contributed by atoms with E-state index in [4.69, 9.17) is 0 Å². The molecule has 0 aliphatic rings. The first-order valence-electron chi connectivity index (χ1n) is 7.22. The number of aromatic nitrogens is 1. The van der Waals surface area contributed by atoms with Crippen LogP contribution in [0.3, 0.4) is 0 Å². The Kier molecular flexibility index (Phi) is 7.42. The lowest BCUT2D eigenvalue weighted by Gasteiger charge is -2.21. The third-order valence-corrected chi connectivity index (χ3v) is 3.05. The van der Waals surface area contributed by atoms with Gasteiger partial charge in [-0.25, -0.2) is 4.98 Å². The van der Waals surface area contributed by atoms with E-state index in [1.165, 1.54) is 24.8 Å². The normalized spacial score (nSPS) is 10.6. The maximum absolute atomic E-state index is 4.57. The third kappa shape index (κ3) is 5.05. The molecule has 0 unspecified atom stereocenters. The second-order valence-electron chi connectivity index (χ2n) is 4.63. The van der Waals surface area contributed by atoms with Crippen molar-refractivity contribution < 1.29 is 0 Å². The molecular formula is C15H27N3. The maximum Gasteiger partial charge on any atom is 0.128 e. The highest BCUT2D eigenvalue weighted by Gasteiger charge is 2.04. The van der Waals surface area contributed by atoms with Crippen LogP contribution in [0.2, 0.25) is 0 Å². The third-order valence-electron chi connectivity index (χ3n) is 3.05. The van der Waals surface area contributed by atoms with Crippen LogP contribution in [0.5, 0.6) is 0 Å². The maximum atomic E-state index is 4.57. The number of unbranched alkanes of at least 4 members (excludes halogenated alkanes) is 1. The summed E-state index contributed by atoms with van der Waals surface area (Å²) < 4.78 is 0. The number of rotatable bonds is 9. The molecule has 1 heterocycles. The Morgan fingerprint density at radius 3 is 2.56 bits per heavy atom. The van der Waals surface area contributed by atoms with E-state index in [0.717, 1.165) is 32.0 Å². The van der Waals surface area contributed by atoms with Gasteiger partial charge in [0.15, 0.2) is 0 Å². The summed E-state index contributed by atoms with van der Waals surface area (Å²) in [6.45, 7) is 10.7. The average Bonchev–Trinajstić information content (AvgIpc) is 2.41. The predicted molar refractivity (Wildman–Crippen MR) is 79.0 cm³/mol. The molecule has 102 valence electrons. The van der Waals surface area contributed by atoms with E-state index in [1.807, 2.05) is 6.20 Å². The highest BCUT2D eigenvalue weighted by Crippen LogP contribution is 2.12. The Morgan fingerprint density at radius 1 is 1.17 bits per heavy atom. The second kappa shape index (κ2) is 8.92. The summed E-state index contributed by atoms with van der Waals surface area (Å²) in [7, 11) is 0. The van der Waals surface area contributed by atoms with E-state index in [-0.39, 0.29) is 0 Å². The summed E-state index contributed by atoms with van der Waals surface area (Å²) in [6.07, 6.45) is 5.63. The zero-order chi connectivity index (χ0) is 13.2. The van der Waals surface area contributed by atoms with Gasteiger partial charge in [0, 0.05) is 25.8 Å². The summed E-state index contributed by atoms with van der Waals surface area (Å²) in [5, 5.41) is 3.39. The van der Waals surface area contributed by atoms with Crippen molar-refractivity contribution in [2.24, 2.45) is 0 Å². The van der Waals surface area contributed by atoms with E-state index in [0.29, 0.717) is 0 Å². The van der Waals surface area contributed by atoms with Crippen LogP contribution >= 0.6 is 0 Å². The highest BCUT2D eigenvalue weighted by molar-refractivity contribution is 5.39. The Balaban J connectivity index is 2.51. The van der Waals surface area contributed by atoms with Crippen molar-refractivity contribution in [1.82, 2.24) is 10.3 Å². The minimum absolute atomic E-state index is 0.919. The fourth-order valence-corrected chi connectivity index (χ4v) is 1.90. The fraction of sp³-hybridized carbons (Fsp3) is 0.667. The van der Waals surface area contributed by atoms with Crippen molar-refractivity contribution in [3.05, 3.63) is 23.9 Å². The lowest BCUT2D eigenvalue weighted by Crippen LogP contribution is -2.24. The molecule has 0 aliphatic heterocycles. The van der Waals surface area contributed by atoms with E-state index < -0.39 is 0 Å². The van der Waals surface area contributed by atoms with Gasteiger partial charge in [-0.05, 0) is 37.9 Å². The van der Waals surface area contributed by atoms with Gasteiger partial charge in [-0.2, -0.15) is 0 Å². The van der Waals surface area contributed by atoms with Crippen LogP contribution in [0.15, 0.2) is 18.3 Å². The lowest BCUT2D eigenvalue weighted by molar-refractivity contribution is 0.673. The SMILES string of the molecule is CCCCN(CC)c1ccc(CNCCC)cn1. The topological polar surface area (TPSA) is 28.2 Å². The van der Waals surface area contributed by atoms with Crippen molar-refractivity contribution in [3.63, 3.8) is 0 Å². The van der Waals surface area contributed by atoms with Crippen LogP contribution in [0.25, 0.3) is 0 Å². The molecule has 0 fully saturated rings. The number of hydrogen-bond donors (Lipinski definition) is 1. The molecule has 3 nitrogen and oxygen atoms in total. The Labute approximate surface area is 112 Å². The Hall–Kier alpha value is -1.09. The zero-order valence-electron chi connectivity index (χ0n) is 12.1. The second-order valence-corrected chi connectivity index (χ2v) is 4.63. The van der Waals surface area contributed by atoms with Gasteiger partial charge in [0.2, 0.25) is 0 Å². The monoisotopic (exact) mass is 249 g/mol. The molecule has 0 amide bonds. The molecule has 1 aromatic rings. The summed E-state index contributed by atoms with van der Waals surface area (Å²) in [5.74, 6) is 1.10. The molecule has 1 aromatic heterocycles. The molecule has 0 atom stereocenters. The molecular weight excluding hydrogens is 222 g/mol. The smallest absolute Gasteiger partial charge is 0.128 e. The zero-order valence-corrected chi connectivity index (χ0v) is 12.1. The van der Waals surface area contributed by atoms with Crippen molar-refractivity contribution in [2.45, 2.75) is 46.6 Å². The minimum atomic E-state index is 0.919. The van der Waals surface area contributed by atoms with Crippen LogP contribution in [-0.2, 0) is 6.54 Å². The molecule has 0 spiro atoms. The largest absolute Gasteiger partial charge is 0.357 e. The molecule has 1 rings (SSSR count). The first kappa shape index (κ1) is 15.0. The van der Waals surface area contributed by atoms with Gasteiger partial charge in [-0.3, -0.25) is 0 Å². The van der Waals surface area contributed by atoms with E-state index in [9.17, 15) is 0 Å². The van der Waals surface area contributed by atoms with Crippen LogP contribution < -0.4 is 10.2 Å². The van der Waals surface area contributed by atoms with Gasteiger partial charge < -0.3 is 10.2 Å². The van der Waals surface area contributed by atoms with Crippen molar-refractivity contribution in [2.75, 3.05) is 24.5 Å². The van der Waals surface area contributed by atoms with Crippen LogP contribution in [0.1, 0.15) is 45.6 Å². The minimum Gasteiger partial charge on any atom is -0.357 e. The average molecular weight is 249 g/mol. The Bertz CT molecular complexity index is 308. The summed E-state index contributed by atoms with van der Waals surface area (Å²) in [5.41, 5.74) is 1.26. The summed E-state index contributed by atoms with van der Waals surface area (Å²) in [4.78, 5) is 6.91. The van der Waals surface area contributed by atoms with E-state index in [1.54, 1.807) is 0 Å². The first-order valence-corrected chi connectivity index (χ1v) is 7.22. The molecule has 0 saturated heterocycles. The molecule has 0 bridgehead atoms. The number of pyridine rings is 1. The quantitative estimate of drug-likeness (QED) is 0.681. The summed E-state index contributed by atoms with van der Waals surface area (Å²) >= 11 is 0. The lowest BCUT2D eigenvalue weighted by atomic mass is 10.2. The number of nitrogens with zero attached hydrogens (tertiary/aromatic N) is 2. The van der Waals surface area contributed by atoms with Gasteiger partial charge >= 0.3 is 0 Å². The van der Waals surface area contributed by atoms with Crippen LogP contribution in [0, 0.1) is 0 Å². The van der Waals surface area contributed by atoms with Crippen molar-refractivity contribution in [1.29, 1.82) is 0 Å². The fourth-order valence-electron chi connectivity index (χ4n) is 1.90. The number of anilines is 1. The van der Waals surface area contributed by atoms with E-state index in [2.05, 4.69) is 48.1 Å². The molecule has 1 N–H and O–H groups in total. The first-order chi connectivity index (χ1) is 8.81. The van der Waals surface area contributed by atoms with Gasteiger partial charge in [-0.15, -0.1) is 0 Å². The molecule has 18 heavy (non-hydrogen) atoms. The molecule has 0 radical (unpaired) electrons. The molecule has 0 saturated carbocycles. The van der Waals surface area contributed by atoms with Crippen LogP contribution in [-0.4, -0.2) is 24.6 Å². The van der Waals surface area contributed by atoms with Crippen LogP contribution in [0.4, 0.5) is 5.82 Å². The van der Waals surface area contributed by atoms with E-state index >= 15 is 0 Å². The summed E-state index contributed by atoms with van der Waals surface area (Å²) in [6, 6.07) is 4.32. The van der Waals surface area contributed by atoms with Gasteiger partial charge in [0.1, 0.15) is 5.82 Å². The van der Waals surface area contributed by atoms with Crippen molar-refractivity contribution >= 4 is 5.82 Å². The molecule has 3 heteroatoms.